The minimum atomic E-state index is -3.00. The van der Waals surface area contributed by atoms with Gasteiger partial charge in [-0.05, 0) is 31.6 Å². The molecule has 1 heterocycles. The zero-order chi connectivity index (χ0) is 12.3. The van der Waals surface area contributed by atoms with Gasteiger partial charge in [-0.25, -0.2) is 12.7 Å². The molecule has 1 aliphatic carbocycles. The van der Waals surface area contributed by atoms with Gasteiger partial charge in [-0.1, -0.05) is 19.3 Å². The van der Waals surface area contributed by atoms with Crippen molar-refractivity contribution >= 4 is 22.4 Å². The van der Waals surface area contributed by atoms with Gasteiger partial charge in [0.1, 0.15) is 0 Å². The Morgan fingerprint density at radius 3 is 2.39 bits per heavy atom. The Bertz CT molecular complexity index is 342. The van der Waals surface area contributed by atoms with Crippen molar-refractivity contribution in [1.82, 2.24) is 4.31 Å². The van der Waals surface area contributed by atoms with E-state index in [1.54, 1.807) is 4.31 Å². The summed E-state index contributed by atoms with van der Waals surface area (Å²) in [4.78, 5) is 0. The third-order valence-electron chi connectivity index (χ3n) is 4.12. The van der Waals surface area contributed by atoms with Crippen LogP contribution in [-0.4, -0.2) is 37.6 Å². The van der Waals surface area contributed by atoms with Gasteiger partial charge >= 0.3 is 0 Å². The number of halogens is 1. The van der Waals surface area contributed by atoms with E-state index in [2.05, 4.69) is 0 Å². The van der Waals surface area contributed by atoms with Crippen LogP contribution in [0.2, 0.25) is 0 Å². The van der Waals surface area contributed by atoms with E-state index in [0.29, 0.717) is 24.8 Å². The molecule has 2 fully saturated rings. The summed E-state index contributed by atoms with van der Waals surface area (Å²) in [6, 6.07) is 0.0307. The summed E-state index contributed by atoms with van der Waals surface area (Å²) < 4.78 is 25.4. The second-order valence-corrected chi connectivity index (χ2v) is 7.53. The van der Waals surface area contributed by atoms with Crippen molar-refractivity contribution < 1.29 is 8.42 Å². The molecule has 0 aromatic rings. The highest BCUT2D eigenvalue weighted by Crippen LogP contribution is 2.26. The Hall–Kier alpha value is 0.160. The highest BCUT2D eigenvalue weighted by molar-refractivity contribution is 7.89. The lowest BCUT2D eigenvalue weighted by Gasteiger charge is -2.33. The van der Waals surface area contributed by atoms with Crippen molar-refractivity contribution in [2.24, 2.45) is 11.7 Å². The largest absolute Gasteiger partial charge is 0.326 e. The van der Waals surface area contributed by atoms with Crippen LogP contribution >= 0.6 is 12.4 Å². The molecule has 0 aromatic carbocycles. The van der Waals surface area contributed by atoms with E-state index in [1.165, 1.54) is 32.1 Å². The first-order valence-corrected chi connectivity index (χ1v) is 8.44. The van der Waals surface area contributed by atoms with E-state index in [1.807, 2.05) is 0 Å². The molecule has 1 atom stereocenters. The third kappa shape index (κ3) is 4.08. The van der Waals surface area contributed by atoms with Gasteiger partial charge in [0.15, 0.2) is 0 Å². The normalized spacial score (nSPS) is 27.4. The Balaban J connectivity index is 0.00000162. The minimum Gasteiger partial charge on any atom is -0.326 e. The van der Waals surface area contributed by atoms with Crippen molar-refractivity contribution in [3.8, 4) is 0 Å². The van der Waals surface area contributed by atoms with Crippen molar-refractivity contribution in [3.63, 3.8) is 0 Å². The van der Waals surface area contributed by atoms with Crippen LogP contribution in [0.1, 0.15) is 44.9 Å². The summed E-state index contributed by atoms with van der Waals surface area (Å²) in [5.74, 6) is 0.838. The Labute approximate surface area is 117 Å². The fraction of sp³-hybridized carbons (Fsp3) is 1.00. The highest BCUT2D eigenvalue weighted by atomic mass is 35.5. The first kappa shape index (κ1) is 16.2. The minimum absolute atomic E-state index is 0. The maximum atomic E-state index is 11.9. The summed E-state index contributed by atoms with van der Waals surface area (Å²) >= 11 is 0. The molecule has 1 saturated carbocycles. The second-order valence-electron chi connectivity index (χ2n) is 5.44. The zero-order valence-electron chi connectivity index (χ0n) is 10.9. The van der Waals surface area contributed by atoms with Crippen LogP contribution in [0.4, 0.5) is 0 Å². The summed E-state index contributed by atoms with van der Waals surface area (Å²) in [6.07, 6.45) is 7.96. The monoisotopic (exact) mass is 296 g/mol. The number of rotatable bonds is 3. The molecule has 0 spiro atoms. The van der Waals surface area contributed by atoms with Gasteiger partial charge in [0, 0.05) is 19.1 Å². The number of nitrogens with zero attached hydrogens (tertiary/aromatic N) is 1. The average Bonchev–Trinajstić information content (AvgIpc) is 2.33. The van der Waals surface area contributed by atoms with Gasteiger partial charge in [-0.15, -0.1) is 12.4 Å². The van der Waals surface area contributed by atoms with Gasteiger partial charge in [0.05, 0.1) is 5.75 Å². The summed E-state index contributed by atoms with van der Waals surface area (Å²) in [6.45, 7) is 1.20. The van der Waals surface area contributed by atoms with Crippen LogP contribution in [0, 0.1) is 5.92 Å². The Morgan fingerprint density at radius 2 is 1.78 bits per heavy atom. The third-order valence-corrected chi connectivity index (χ3v) is 6.05. The highest BCUT2D eigenvalue weighted by Gasteiger charge is 2.30. The van der Waals surface area contributed by atoms with Crippen molar-refractivity contribution in [3.05, 3.63) is 0 Å². The fourth-order valence-electron chi connectivity index (χ4n) is 2.99. The van der Waals surface area contributed by atoms with E-state index >= 15 is 0 Å². The second kappa shape index (κ2) is 7.08. The van der Waals surface area contributed by atoms with Crippen LogP contribution in [0.25, 0.3) is 0 Å². The lowest BCUT2D eigenvalue weighted by Crippen LogP contribution is -2.47. The molecule has 0 aromatic heterocycles. The smallest absolute Gasteiger partial charge is 0.214 e. The zero-order valence-corrected chi connectivity index (χ0v) is 12.5. The van der Waals surface area contributed by atoms with E-state index in [9.17, 15) is 8.42 Å². The maximum absolute atomic E-state index is 11.9. The van der Waals surface area contributed by atoms with E-state index in [-0.39, 0.29) is 18.4 Å². The van der Waals surface area contributed by atoms with Crippen LogP contribution < -0.4 is 5.73 Å². The quantitative estimate of drug-likeness (QED) is 0.863. The van der Waals surface area contributed by atoms with Crippen LogP contribution in [0.3, 0.4) is 0 Å². The fourth-order valence-corrected chi connectivity index (χ4v) is 4.63. The molecule has 0 radical (unpaired) electrons. The Morgan fingerprint density at radius 1 is 1.11 bits per heavy atom. The first-order valence-electron chi connectivity index (χ1n) is 6.83. The summed E-state index contributed by atoms with van der Waals surface area (Å²) in [5.41, 5.74) is 6.19. The summed E-state index contributed by atoms with van der Waals surface area (Å²) in [7, 11) is -3.00. The van der Waals surface area contributed by atoms with Gasteiger partial charge in [-0.2, -0.15) is 0 Å². The predicted molar refractivity (Wildman–Crippen MR) is 76.4 cm³/mol. The molecule has 108 valence electrons. The number of hydrogen-bond acceptors (Lipinski definition) is 3. The molecule has 1 saturated heterocycles. The van der Waals surface area contributed by atoms with Crippen molar-refractivity contribution in [2.45, 2.75) is 51.0 Å². The van der Waals surface area contributed by atoms with E-state index in [4.69, 9.17) is 5.73 Å². The lowest BCUT2D eigenvalue weighted by atomic mass is 9.84. The molecule has 0 bridgehead atoms. The topological polar surface area (TPSA) is 63.4 Å². The maximum Gasteiger partial charge on any atom is 0.214 e. The van der Waals surface area contributed by atoms with Crippen molar-refractivity contribution in [2.75, 3.05) is 18.8 Å². The van der Waals surface area contributed by atoms with Gasteiger partial charge in [0.2, 0.25) is 10.0 Å². The van der Waals surface area contributed by atoms with Gasteiger partial charge in [-0.3, -0.25) is 0 Å². The number of sulfonamides is 1. The molecule has 6 heteroatoms. The standard InChI is InChI=1S/C12H24N2O2S.ClH/c13-12(11-6-2-1-3-7-11)10-14-8-4-5-9-17(14,15)16;/h11-12H,1-10,13H2;1H/t12-;/m1./s1. The van der Waals surface area contributed by atoms with Crippen LogP contribution in [0.15, 0.2) is 0 Å². The molecular formula is C12H25ClN2O2S. The molecule has 1 aliphatic heterocycles. The predicted octanol–water partition coefficient (Wildman–Crippen LogP) is 1.74. The molecule has 2 N–H and O–H groups in total. The van der Waals surface area contributed by atoms with Crippen molar-refractivity contribution in [1.29, 1.82) is 0 Å². The molecule has 2 rings (SSSR count). The first-order chi connectivity index (χ1) is 8.09. The average molecular weight is 297 g/mol. The van der Waals surface area contributed by atoms with E-state index in [0.717, 1.165) is 12.8 Å². The van der Waals surface area contributed by atoms with Gasteiger partial charge in [0.25, 0.3) is 0 Å². The SMILES string of the molecule is Cl.N[C@H](CN1CCCCS1(=O)=O)C1CCCCC1. The van der Waals surface area contributed by atoms with Crippen LogP contribution in [0.5, 0.6) is 0 Å². The number of hydrogen-bond donors (Lipinski definition) is 1. The molecule has 0 unspecified atom stereocenters. The lowest BCUT2D eigenvalue weighted by molar-refractivity contribution is 0.260. The number of nitrogens with two attached hydrogens (primary N) is 1. The molecule has 4 nitrogen and oxygen atoms in total. The van der Waals surface area contributed by atoms with Gasteiger partial charge < -0.3 is 5.73 Å². The van der Waals surface area contributed by atoms with Crippen LogP contribution in [-0.2, 0) is 10.0 Å². The summed E-state index contributed by atoms with van der Waals surface area (Å²) in [5, 5.41) is 0. The Kier molecular flexibility index (Phi) is 6.38. The molecule has 2 aliphatic rings. The molecular weight excluding hydrogens is 272 g/mol. The molecule has 0 amide bonds. The van der Waals surface area contributed by atoms with E-state index < -0.39 is 10.0 Å². The molecule has 18 heavy (non-hydrogen) atoms.